The summed E-state index contributed by atoms with van der Waals surface area (Å²) in [7, 11) is 0. The predicted octanol–water partition coefficient (Wildman–Crippen LogP) is 5.55. The van der Waals surface area contributed by atoms with Crippen LogP contribution in [0.3, 0.4) is 0 Å². The first-order valence-electron chi connectivity index (χ1n) is 8.64. The molecule has 26 heavy (non-hydrogen) atoms. The van der Waals surface area contributed by atoms with Gasteiger partial charge in [-0.2, -0.15) is 5.26 Å². The van der Waals surface area contributed by atoms with E-state index in [9.17, 15) is 10.1 Å². The Bertz CT molecular complexity index is 853. The summed E-state index contributed by atoms with van der Waals surface area (Å²) in [6.45, 7) is 10.0. The van der Waals surface area contributed by atoms with Crippen molar-refractivity contribution in [2.45, 2.75) is 46.0 Å². The van der Waals surface area contributed by atoms with E-state index in [2.05, 4.69) is 37.1 Å². The highest BCUT2D eigenvalue weighted by atomic mass is 35.5. The maximum absolute atomic E-state index is 12.6. The highest BCUT2D eigenvalue weighted by Crippen LogP contribution is 2.32. The Hall–Kier alpha value is -2.38. The molecule has 1 unspecified atom stereocenters. The molecule has 1 heterocycles. The van der Waals surface area contributed by atoms with Gasteiger partial charge in [-0.3, -0.25) is 9.78 Å². The lowest BCUT2D eigenvalue weighted by atomic mass is 9.86. The molecule has 4 nitrogen and oxygen atoms in total. The van der Waals surface area contributed by atoms with Crippen LogP contribution in [0.2, 0.25) is 5.02 Å². The van der Waals surface area contributed by atoms with Gasteiger partial charge in [-0.25, -0.2) is 0 Å². The number of hydrogen-bond acceptors (Lipinski definition) is 3. The molecule has 0 spiro atoms. The number of halogens is 1. The quantitative estimate of drug-likeness (QED) is 0.751. The van der Waals surface area contributed by atoms with Crippen molar-refractivity contribution >= 4 is 23.2 Å². The summed E-state index contributed by atoms with van der Waals surface area (Å²) in [6, 6.07) is 11.1. The molecule has 0 aliphatic carbocycles. The predicted molar refractivity (Wildman–Crippen MR) is 106 cm³/mol. The monoisotopic (exact) mass is 369 g/mol. The Kier molecular flexibility index (Phi) is 6.05. The number of carbonyl (C=O) groups excluding carboxylic acids is 1. The molecule has 2 rings (SSSR count). The Morgan fingerprint density at radius 1 is 1.23 bits per heavy atom. The second-order valence-corrected chi connectivity index (χ2v) is 7.80. The normalized spacial score (nSPS) is 12.5. The van der Waals surface area contributed by atoms with Crippen LogP contribution in [0.5, 0.6) is 0 Å². The van der Waals surface area contributed by atoms with E-state index < -0.39 is 5.41 Å². The number of nitriles is 1. The lowest BCUT2D eigenvalue weighted by molar-refractivity contribution is 0.102. The average Bonchev–Trinajstić information content (AvgIpc) is 2.62. The van der Waals surface area contributed by atoms with Crippen LogP contribution in [-0.2, 0) is 5.41 Å². The van der Waals surface area contributed by atoms with Crippen molar-refractivity contribution in [1.29, 1.82) is 5.26 Å². The molecule has 0 aliphatic heterocycles. The molecule has 2 aromatic rings. The summed E-state index contributed by atoms with van der Waals surface area (Å²) in [5.74, 6) is 0.397. The van der Waals surface area contributed by atoms with E-state index in [1.54, 1.807) is 30.5 Å². The minimum absolute atomic E-state index is 0.275. The van der Waals surface area contributed by atoms with Gasteiger partial charge in [0.2, 0.25) is 0 Å². The van der Waals surface area contributed by atoms with Crippen molar-refractivity contribution < 1.29 is 4.79 Å². The Morgan fingerprint density at radius 3 is 2.54 bits per heavy atom. The molecule has 0 aliphatic rings. The first-order chi connectivity index (χ1) is 12.2. The molecule has 1 atom stereocenters. The molecule has 0 bridgehead atoms. The summed E-state index contributed by atoms with van der Waals surface area (Å²) in [5, 5.41) is 12.8. The zero-order valence-electron chi connectivity index (χ0n) is 15.8. The van der Waals surface area contributed by atoms with E-state index in [-0.39, 0.29) is 17.5 Å². The van der Waals surface area contributed by atoms with E-state index in [4.69, 9.17) is 11.6 Å². The van der Waals surface area contributed by atoms with Crippen LogP contribution in [0.1, 0.15) is 62.2 Å². The van der Waals surface area contributed by atoms with Gasteiger partial charge < -0.3 is 5.32 Å². The highest BCUT2D eigenvalue weighted by Gasteiger charge is 2.22. The van der Waals surface area contributed by atoms with Gasteiger partial charge in [0.25, 0.3) is 5.91 Å². The Balaban J connectivity index is 2.27. The number of amides is 1. The van der Waals surface area contributed by atoms with Crippen molar-refractivity contribution in [2.75, 3.05) is 5.32 Å². The van der Waals surface area contributed by atoms with Crippen LogP contribution in [0.4, 0.5) is 5.69 Å². The van der Waals surface area contributed by atoms with Gasteiger partial charge in [0.05, 0.1) is 11.5 Å². The van der Waals surface area contributed by atoms with Gasteiger partial charge in [0.15, 0.2) is 0 Å². The average molecular weight is 370 g/mol. The number of pyridine rings is 1. The van der Waals surface area contributed by atoms with Crippen molar-refractivity contribution in [1.82, 2.24) is 4.98 Å². The van der Waals surface area contributed by atoms with E-state index in [0.717, 1.165) is 11.1 Å². The van der Waals surface area contributed by atoms with Crippen LogP contribution in [0.15, 0.2) is 36.5 Å². The van der Waals surface area contributed by atoms with E-state index in [0.29, 0.717) is 16.6 Å². The minimum Gasteiger partial charge on any atom is -0.321 e. The largest absolute Gasteiger partial charge is 0.321 e. The lowest BCUT2D eigenvalue weighted by Gasteiger charge is -2.19. The van der Waals surface area contributed by atoms with Gasteiger partial charge in [-0.05, 0) is 67.1 Å². The minimum atomic E-state index is -0.682. The third-order valence-corrected chi connectivity index (χ3v) is 5.08. The Labute approximate surface area is 160 Å². The second-order valence-electron chi connectivity index (χ2n) is 7.39. The molecular formula is C21H24ClN3O. The molecule has 1 aromatic carbocycles. The van der Waals surface area contributed by atoms with Crippen molar-refractivity contribution in [3.05, 3.63) is 58.4 Å². The van der Waals surface area contributed by atoms with Gasteiger partial charge in [0, 0.05) is 16.9 Å². The second kappa shape index (κ2) is 7.88. The molecular weight excluding hydrogens is 346 g/mol. The number of hydrogen-bond donors (Lipinski definition) is 1. The van der Waals surface area contributed by atoms with Crippen LogP contribution < -0.4 is 5.32 Å². The van der Waals surface area contributed by atoms with Crippen molar-refractivity contribution in [3.63, 3.8) is 0 Å². The smallest absolute Gasteiger partial charge is 0.274 e. The third-order valence-electron chi connectivity index (χ3n) is 4.74. The summed E-state index contributed by atoms with van der Waals surface area (Å²) in [5.41, 5.74) is 2.03. The zero-order valence-corrected chi connectivity index (χ0v) is 16.6. The van der Waals surface area contributed by atoms with E-state index in [1.165, 1.54) is 0 Å². The van der Waals surface area contributed by atoms with Crippen LogP contribution >= 0.6 is 11.6 Å². The number of nitrogens with zero attached hydrogens (tertiary/aromatic N) is 2. The van der Waals surface area contributed by atoms with E-state index in [1.807, 2.05) is 19.9 Å². The number of aromatic nitrogens is 1. The number of rotatable bonds is 5. The molecule has 0 saturated carbocycles. The summed E-state index contributed by atoms with van der Waals surface area (Å²) < 4.78 is 0. The fourth-order valence-electron chi connectivity index (χ4n) is 2.53. The highest BCUT2D eigenvalue weighted by molar-refractivity contribution is 6.31. The fourth-order valence-corrected chi connectivity index (χ4v) is 2.82. The molecule has 1 amide bonds. The van der Waals surface area contributed by atoms with Crippen LogP contribution in [0.25, 0.3) is 0 Å². The van der Waals surface area contributed by atoms with Gasteiger partial charge in [-0.15, -0.1) is 0 Å². The van der Waals surface area contributed by atoms with Gasteiger partial charge in [-0.1, -0.05) is 32.4 Å². The summed E-state index contributed by atoms with van der Waals surface area (Å²) >= 11 is 6.32. The SMILES string of the molecule is CC(C)C(C)c1cc(NC(=O)c2cc(C(C)(C)C#N)ccn2)ccc1Cl. The van der Waals surface area contributed by atoms with Crippen LogP contribution in [-0.4, -0.2) is 10.9 Å². The topological polar surface area (TPSA) is 65.8 Å². The van der Waals surface area contributed by atoms with Gasteiger partial charge >= 0.3 is 0 Å². The van der Waals surface area contributed by atoms with Gasteiger partial charge in [0.1, 0.15) is 5.69 Å². The molecule has 0 saturated heterocycles. The lowest BCUT2D eigenvalue weighted by Crippen LogP contribution is -2.18. The standard InChI is InChI=1S/C21H24ClN3O/c1-13(2)14(3)17-11-16(6-7-18(17)22)25-20(26)19-10-15(8-9-24-19)21(4,5)12-23/h6-11,13-14H,1-5H3,(H,25,26). The van der Waals surface area contributed by atoms with Crippen LogP contribution in [0, 0.1) is 17.2 Å². The first kappa shape index (κ1) is 19.9. The summed E-state index contributed by atoms with van der Waals surface area (Å²) in [4.78, 5) is 16.7. The van der Waals surface area contributed by atoms with Crippen molar-refractivity contribution in [2.24, 2.45) is 5.92 Å². The number of benzene rings is 1. The zero-order chi connectivity index (χ0) is 19.5. The Morgan fingerprint density at radius 2 is 1.92 bits per heavy atom. The molecule has 1 aromatic heterocycles. The number of anilines is 1. The third kappa shape index (κ3) is 4.42. The first-order valence-corrected chi connectivity index (χ1v) is 9.02. The number of carbonyl (C=O) groups is 1. The summed E-state index contributed by atoms with van der Waals surface area (Å²) in [6.07, 6.45) is 1.55. The van der Waals surface area contributed by atoms with E-state index >= 15 is 0 Å². The fraction of sp³-hybridized carbons (Fsp3) is 0.381. The maximum Gasteiger partial charge on any atom is 0.274 e. The maximum atomic E-state index is 12.6. The molecule has 0 radical (unpaired) electrons. The molecule has 0 fully saturated rings. The molecule has 136 valence electrons. The molecule has 1 N–H and O–H groups in total. The van der Waals surface area contributed by atoms with Crippen molar-refractivity contribution in [3.8, 4) is 6.07 Å². The molecule has 5 heteroatoms. The number of nitrogens with one attached hydrogen (secondary N) is 1.